The topological polar surface area (TPSA) is 131 Å². The van der Waals surface area contributed by atoms with E-state index in [1.165, 1.54) is 0 Å². The number of hydrogen-bond acceptors (Lipinski definition) is 8. The number of aromatic amines is 1. The van der Waals surface area contributed by atoms with Crippen molar-refractivity contribution in [3.05, 3.63) is 70.8 Å². The van der Waals surface area contributed by atoms with Crippen molar-refractivity contribution in [3.8, 4) is 5.75 Å². The second-order valence-corrected chi connectivity index (χ2v) is 9.34. The predicted octanol–water partition coefficient (Wildman–Crippen LogP) is 4.19. The van der Waals surface area contributed by atoms with Crippen molar-refractivity contribution in [2.24, 2.45) is 4.99 Å². The maximum absolute atomic E-state index is 13.2. The van der Waals surface area contributed by atoms with Gasteiger partial charge in [-0.3, -0.25) is 20.5 Å². The summed E-state index contributed by atoms with van der Waals surface area (Å²) in [6.45, 7) is 5.90. The van der Waals surface area contributed by atoms with Gasteiger partial charge < -0.3 is 5.11 Å². The lowest BCUT2D eigenvalue weighted by Crippen LogP contribution is -2.39. The first-order valence-electron chi connectivity index (χ1n) is 12.2. The Kier molecular flexibility index (Phi) is 6.41. The lowest BCUT2D eigenvalue weighted by atomic mass is 9.77. The monoisotopic (exact) mass is 486 g/mol. The SMILES string of the molecule is CC=C1N=C(NNc2cccc(C3CCCC(c4nn[nH]n4)C3)c2O)C(=O)N1c1ccc(C)c(C)c1. The number of amidine groups is 1. The second kappa shape index (κ2) is 9.80. The predicted molar refractivity (Wildman–Crippen MR) is 138 cm³/mol. The number of H-pyrrole nitrogens is 1. The number of phenols is 1. The molecule has 1 amide bonds. The molecule has 1 aliphatic carbocycles. The van der Waals surface area contributed by atoms with Crippen LogP contribution in [0.3, 0.4) is 0 Å². The fourth-order valence-electron chi connectivity index (χ4n) is 4.98. The number of tetrazole rings is 1. The van der Waals surface area contributed by atoms with E-state index in [0.29, 0.717) is 11.5 Å². The number of nitrogens with zero attached hydrogens (tertiary/aromatic N) is 5. The summed E-state index contributed by atoms with van der Waals surface area (Å²) in [5.74, 6) is 1.68. The van der Waals surface area contributed by atoms with Crippen LogP contribution in [0.5, 0.6) is 5.75 Å². The molecule has 2 atom stereocenters. The summed E-state index contributed by atoms with van der Waals surface area (Å²) >= 11 is 0. The maximum atomic E-state index is 13.2. The minimum absolute atomic E-state index is 0.154. The number of benzene rings is 2. The molecule has 1 saturated carbocycles. The molecule has 0 bridgehead atoms. The van der Waals surface area contributed by atoms with E-state index in [-0.39, 0.29) is 29.3 Å². The number of aliphatic imine (C=N–C) groups is 1. The van der Waals surface area contributed by atoms with Crippen LogP contribution in [-0.2, 0) is 4.79 Å². The van der Waals surface area contributed by atoms with Crippen molar-refractivity contribution in [3.63, 3.8) is 0 Å². The number of para-hydroxylation sites is 1. The summed E-state index contributed by atoms with van der Waals surface area (Å²) in [5, 5.41) is 25.6. The number of aryl methyl sites for hydroxylation is 2. The van der Waals surface area contributed by atoms with E-state index in [1.54, 1.807) is 17.0 Å². The Morgan fingerprint density at radius 3 is 2.69 bits per heavy atom. The van der Waals surface area contributed by atoms with E-state index in [2.05, 4.69) is 36.5 Å². The Hall–Kier alpha value is -4.21. The molecule has 2 unspecified atom stereocenters. The summed E-state index contributed by atoms with van der Waals surface area (Å²) in [6, 6.07) is 11.5. The summed E-state index contributed by atoms with van der Waals surface area (Å²) < 4.78 is 0. The lowest BCUT2D eigenvalue weighted by molar-refractivity contribution is -0.111. The minimum atomic E-state index is -0.273. The zero-order chi connectivity index (χ0) is 25.2. The maximum Gasteiger partial charge on any atom is 0.301 e. The fourth-order valence-corrected chi connectivity index (χ4v) is 4.98. The fraction of sp³-hybridized carbons (Fsp3) is 0.346. The number of rotatable bonds is 5. The van der Waals surface area contributed by atoms with Crippen molar-refractivity contribution >= 4 is 23.1 Å². The summed E-state index contributed by atoms with van der Waals surface area (Å²) in [6.07, 6.45) is 5.63. The highest BCUT2D eigenvalue weighted by Gasteiger charge is 2.32. The van der Waals surface area contributed by atoms with Gasteiger partial charge in [0, 0.05) is 5.92 Å². The first-order valence-corrected chi connectivity index (χ1v) is 12.2. The van der Waals surface area contributed by atoms with Gasteiger partial charge >= 0.3 is 5.91 Å². The van der Waals surface area contributed by atoms with Gasteiger partial charge in [0.05, 0.1) is 11.4 Å². The average molecular weight is 487 g/mol. The summed E-state index contributed by atoms with van der Waals surface area (Å²) in [5.41, 5.74) is 10.3. The molecule has 2 heterocycles. The Morgan fingerprint density at radius 2 is 1.94 bits per heavy atom. The van der Waals surface area contributed by atoms with Crippen molar-refractivity contribution < 1.29 is 9.90 Å². The first-order chi connectivity index (χ1) is 17.5. The molecule has 1 aromatic heterocycles. The zero-order valence-electron chi connectivity index (χ0n) is 20.6. The van der Waals surface area contributed by atoms with Crippen molar-refractivity contribution in [2.45, 2.75) is 58.3 Å². The van der Waals surface area contributed by atoms with Crippen LogP contribution in [0.25, 0.3) is 0 Å². The molecule has 3 aromatic rings. The van der Waals surface area contributed by atoms with Gasteiger partial charge in [0.25, 0.3) is 0 Å². The molecular weight excluding hydrogens is 456 g/mol. The van der Waals surface area contributed by atoms with E-state index in [1.807, 2.05) is 51.1 Å². The zero-order valence-corrected chi connectivity index (χ0v) is 20.6. The number of carbonyl (C=O) groups excluding carboxylic acids is 1. The highest BCUT2D eigenvalue weighted by molar-refractivity contribution is 6.46. The molecule has 186 valence electrons. The number of amides is 1. The van der Waals surface area contributed by atoms with Gasteiger partial charge in [-0.2, -0.15) is 5.21 Å². The van der Waals surface area contributed by atoms with Crippen LogP contribution < -0.4 is 15.8 Å². The van der Waals surface area contributed by atoms with Crippen molar-refractivity contribution in [1.29, 1.82) is 0 Å². The van der Waals surface area contributed by atoms with E-state index >= 15 is 0 Å². The van der Waals surface area contributed by atoms with Crippen molar-refractivity contribution in [2.75, 3.05) is 10.3 Å². The Morgan fingerprint density at radius 1 is 1.11 bits per heavy atom. The minimum Gasteiger partial charge on any atom is -0.505 e. The number of carbonyl (C=O) groups is 1. The first kappa shape index (κ1) is 23.5. The normalized spacial score (nSPS) is 21.1. The van der Waals surface area contributed by atoms with Crippen LogP contribution in [0.4, 0.5) is 11.4 Å². The molecule has 1 aliphatic heterocycles. The third-order valence-electron chi connectivity index (χ3n) is 7.09. The Balaban J connectivity index is 1.31. The number of hydrogen-bond donors (Lipinski definition) is 4. The molecule has 2 aromatic carbocycles. The number of aromatic nitrogens is 4. The molecule has 4 N–H and O–H groups in total. The molecule has 0 radical (unpaired) electrons. The highest BCUT2D eigenvalue weighted by Crippen LogP contribution is 2.44. The quantitative estimate of drug-likeness (QED) is 0.314. The average Bonchev–Trinajstić information content (AvgIpc) is 3.54. The van der Waals surface area contributed by atoms with Crippen LogP contribution in [0.2, 0.25) is 0 Å². The molecule has 10 nitrogen and oxygen atoms in total. The van der Waals surface area contributed by atoms with E-state index in [4.69, 9.17) is 0 Å². The van der Waals surface area contributed by atoms with Crippen LogP contribution in [0.15, 0.2) is 53.3 Å². The molecular formula is C26H30N8O2. The molecule has 10 heteroatoms. The van der Waals surface area contributed by atoms with Crippen LogP contribution in [0.1, 0.15) is 67.0 Å². The number of hydrazine groups is 1. The van der Waals surface area contributed by atoms with Crippen LogP contribution in [0, 0.1) is 13.8 Å². The summed E-state index contributed by atoms with van der Waals surface area (Å²) in [4.78, 5) is 19.3. The number of anilines is 2. The summed E-state index contributed by atoms with van der Waals surface area (Å²) in [7, 11) is 0. The highest BCUT2D eigenvalue weighted by atomic mass is 16.3. The molecule has 1 fully saturated rings. The third kappa shape index (κ3) is 4.41. The van der Waals surface area contributed by atoms with E-state index in [0.717, 1.165) is 53.9 Å². The van der Waals surface area contributed by atoms with Crippen LogP contribution >= 0.6 is 0 Å². The standard InChI is InChI=1S/C26H30N8O2/c1-4-22-27-25(26(36)34(22)19-12-11-15(2)16(3)13-19)29-28-21-10-6-9-20(23(21)35)17-7-5-8-18(14-17)24-30-32-33-31-24/h4,6,9-13,17-18,28,35H,5,7-8,14H2,1-3H3,(H,27,29)(H,30,31,32,33). The van der Waals surface area contributed by atoms with E-state index < -0.39 is 0 Å². The van der Waals surface area contributed by atoms with Gasteiger partial charge in [0.2, 0.25) is 5.84 Å². The number of aromatic hydroxyl groups is 1. The van der Waals surface area contributed by atoms with E-state index in [9.17, 15) is 9.90 Å². The van der Waals surface area contributed by atoms with Crippen LogP contribution in [-0.4, -0.2) is 37.5 Å². The smallest absolute Gasteiger partial charge is 0.301 e. The largest absolute Gasteiger partial charge is 0.505 e. The molecule has 36 heavy (non-hydrogen) atoms. The third-order valence-corrected chi connectivity index (χ3v) is 7.09. The van der Waals surface area contributed by atoms with Gasteiger partial charge in [0.1, 0.15) is 11.6 Å². The number of allylic oxidation sites excluding steroid dienone is 1. The molecule has 0 spiro atoms. The molecule has 5 rings (SSSR count). The van der Waals surface area contributed by atoms with Gasteiger partial charge in [0.15, 0.2) is 5.82 Å². The van der Waals surface area contributed by atoms with Gasteiger partial charge in [-0.15, -0.1) is 10.2 Å². The molecule has 2 aliphatic rings. The number of nitrogens with one attached hydrogen (secondary N) is 3. The Labute approximate surface area is 209 Å². The van der Waals surface area contributed by atoms with Gasteiger partial charge in [-0.1, -0.05) is 29.8 Å². The number of phenolic OH excluding ortho intramolecular Hbond substituents is 1. The van der Waals surface area contributed by atoms with Crippen molar-refractivity contribution in [1.82, 2.24) is 26.0 Å². The molecule has 0 saturated heterocycles. The Bertz CT molecular complexity index is 1330. The lowest BCUT2D eigenvalue weighted by Gasteiger charge is -2.28. The van der Waals surface area contributed by atoms with Gasteiger partial charge in [-0.05, 0) is 86.9 Å². The van der Waals surface area contributed by atoms with Gasteiger partial charge in [-0.25, -0.2) is 4.99 Å². The second-order valence-electron chi connectivity index (χ2n) is 9.34.